The number of thioether (sulfide) groups is 2. The molecular formula is C22H27N9O5S3. The number of nitrogens with one attached hydrogen (secondary N) is 2. The van der Waals surface area contributed by atoms with Crippen LogP contribution in [0.15, 0.2) is 39.5 Å². The fraction of sp³-hybridized carbons (Fsp3) is 0.409. The molecule has 7 N–H and O–H groups in total. The van der Waals surface area contributed by atoms with Gasteiger partial charge >= 0.3 is 5.97 Å². The quantitative estimate of drug-likeness (QED) is 0.0825. The molecule has 4 rings (SSSR count). The van der Waals surface area contributed by atoms with Gasteiger partial charge in [-0.3, -0.25) is 19.9 Å². The molecule has 39 heavy (non-hydrogen) atoms. The van der Waals surface area contributed by atoms with Crippen LogP contribution < -0.4 is 16.8 Å². The van der Waals surface area contributed by atoms with Gasteiger partial charge < -0.3 is 31.6 Å². The number of hydrogen-bond acceptors (Lipinski definition) is 13. The lowest BCUT2D eigenvalue weighted by Crippen LogP contribution is -2.71. The Morgan fingerprint density at radius 3 is 2.90 bits per heavy atom. The van der Waals surface area contributed by atoms with Crippen molar-refractivity contribution in [3.63, 3.8) is 0 Å². The number of aliphatic carboxylic acids is 1. The van der Waals surface area contributed by atoms with Crippen molar-refractivity contribution >= 4 is 74.5 Å². The van der Waals surface area contributed by atoms with Crippen molar-refractivity contribution in [3.8, 4) is 0 Å². The van der Waals surface area contributed by atoms with E-state index in [1.165, 1.54) is 39.9 Å². The fourth-order valence-electron chi connectivity index (χ4n) is 4.07. The zero-order chi connectivity index (χ0) is 28.3. The molecule has 0 spiro atoms. The second kappa shape index (κ2) is 12.2. The van der Waals surface area contributed by atoms with E-state index in [2.05, 4.69) is 27.0 Å². The van der Waals surface area contributed by atoms with Gasteiger partial charge in [-0.25, -0.2) is 14.8 Å². The normalized spacial score (nSPS) is 23.2. The van der Waals surface area contributed by atoms with Gasteiger partial charge in [0, 0.05) is 29.9 Å². The molecule has 2 unspecified atom stereocenters. The third-order valence-corrected chi connectivity index (χ3v) is 8.95. The topological polar surface area (TPSA) is 213 Å². The number of fused-ring (bicyclic) bond motifs is 1. The van der Waals surface area contributed by atoms with Gasteiger partial charge in [0.25, 0.3) is 11.8 Å². The van der Waals surface area contributed by atoms with Crippen LogP contribution in [0.2, 0.25) is 0 Å². The molecule has 0 saturated carbocycles. The minimum atomic E-state index is -1.24. The molecule has 14 nitrogen and oxygen atoms in total. The number of aromatic nitrogens is 1. The number of thiazole rings is 1. The van der Waals surface area contributed by atoms with Gasteiger partial charge in [0.1, 0.15) is 35.2 Å². The molecule has 1 aromatic rings. The van der Waals surface area contributed by atoms with Crippen LogP contribution in [-0.2, 0) is 19.2 Å². The molecule has 1 saturated heterocycles. The molecule has 3 aliphatic heterocycles. The number of carboxylic acid groups (broad SMARTS) is 1. The van der Waals surface area contributed by atoms with Crippen molar-refractivity contribution in [1.29, 1.82) is 5.41 Å². The molecule has 1 aromatic heterocycles. The van der Waals surface area contributed by atoms with E-state index in [1.54, 1.807) is 0 Å². The third-order valence-electron chi connectivity index (χ3n) is 5.86. The highest BCUT2D eigenvalue weighted by molar-refractivity contribution is 8.14. The number of nitrogens with two attached hydrogens (primary N) is 2. The van der Waals surface area contributed by atoms with Crippen molar-refractivity contribution in [3.05, 3.63) is 35.0 Å². The average molecular weight is 594 g/mol. The number of β-lactam (4-membered cyclic amide) rings is 1. The Labute approximate surface area is 236 Å². The summed E-state index contributed by atoms with van der Waals surface area (Å²) in [6.07, 6.45) is 1.41. The second-order valence-electron chi connectivity index (χ2n) is 8.40. The van der Waals surface area contributed by atoms with Gasteiger partial charge in [-0.15, -0.1) is 23.1 Å². The van der Waals surface area contributed by atoms with E-state index in [0.29, 0.717) is 29.5 Å². The highest BCUT2D eigenvalue weighted by Crippen LogP contribution is 2.41. The summed E-state index contributed by atoms with van der Waals surface area (Å²) in [5, 5.41) is 26.1. The minimum absolute atomic E-state index is 0.0497. The van der Waals surface area contributed by atoms with E-state index in [4.69, 9.17) is 21.7 Å². The lowest BCUT2D eigenvalue weighted by molar-refractivity contribution is -0.150. The Morgan fingerprint density at radius 2 is 2.26 bits per heavy atom. The first-order valence-electron chi connectivity index (χ1n) is 11.7. The van der Waals surface area contributed by atoms with E-state index in [1.807, 2.05) is 11.8 Å². The highest BCUT2D eigenvalue weighted by Gasteiger charge is 2.54. The first kappa shape index (κ1) is 28.6. The number of amides is 2. The van der Waals surface area contributed by atoms with Crippen molar-refractivity contribution in [1.82, 2.24) is 20.1 Å². The van der Waals surface area contributed by atoms with Gasteiger partial charge in [-0.05, 0) is 12.5 Å². The van der Waals surface area contributed by atoms with E-state index in [9.17, 15) is 19.5 Å². The van der Waals surface area contributed by atoms with Gasteiger partial charge in [0.15, 0.2) is 16.0 Å². The monoisotopic (exact) mass is 593 g/mol. The SMILES string of the molecule is C=CCON=C(C(=O)NC1C(=O)N2C(C(=O)O)=C(CSC3=NC(=N)CC(N)N3CC)CS[C@@H]12)c1csc(N)n1. The smallest absolute Gasteiger partial charge is 0.352 e. The van der Waals surface area contributed by atoms with Crippen LogP contribution in [0.1, 0.15) is 19.0 Å². The Kier molecular flexibility index (Phi) is 8.94. The number of amidine groups is 2. The van der Waals surface area contributed by atoms with Crippen molar-refractivity contribution in [2.24, 2.45) is 15.9 Å². The molecule has 3 atom stereocenters. The summed E-state index contributed by atoms with van der Waals surface area (Å²) in [6.45, 7) is 6.09. The summed E-state index contributed by atoms with van der Waals surface area (Å²) >= 11 is 3.73. The first-order valence-corrected chi connectivity index (χ1v) is 14.6. The predicted molar refractivity (Wildman–Crippen MR) is 151 cm³/mol. The van der Waals surface area contributed by atoms with Gasteiger partial charge in [-0.1, -0.05) is 29.6 Å². The number of hydrogen-bond donors (Lipinski definition) is 5. The largest absolute Gasteiger partial charge is 0.477 e. The zero-order valence-corrected chi connectivity index (χ0v) is 23.3. The van der Waals surface area contributed by atoms with E-state index in [0.717, 1.165) is 11.3 Å². The molecule has 17 heteroatoms. The van der Waals surface area contributed by atoms with Crippen molar-refractivity contribution in [2.75, 3.05) is 30.4 Å². The molecule has 4 heterocycles. The van der Waals surface area contributed by atoms with Crippen LogP contribution in [0.25, 0.3) is 0 Å². The van der Waals surface area contributed by atoms with Gasteiger partial charge in [-0.2, -0.15) is 0 Å². The van der Waals surface area contributed by atoms with E-state index in [-0.39, 0.29) is 46.6 Å². The molecule has 0 aromatic carbocycles. The maximum Gasteiger partial charge on any atom is 0.352 e. The van der Waals surface area contributed by atoms with Crippen LogP contribution in [0.4, 0.5) is 5.13 Å². The van der Waals surface area contributed by atoms with Crippen molar-refractivity contribution < 1.29 is 24.3 Å². The fourth-order valence-corrected chi connectivity index (χ4v) is 7.24. The van der Waals surface area contributed by atoms with Crippen molar-refractivity contribution in [2.45, 2.75) is 30.9 Å². The van der Waals surface area contributed by atoms with E-state index < -0.39 is 29.2 Å². The molecule has 208 valence electrons. The van der Waals surface area contributed by atoms with E-state index >= 15 is 0 Å². The molecule has 2 amide bonds. The molecule has 0 bridgehead atoms. The van der Waals surface area contributed by atoms with Crippen LogP contribution in [0, 0.1) is 5.41 Å². The summed E-state index contributed by atoms with van der Waals surface area (Å²) in [5.74, 6) is -1.77. The average Bonchev–Trinajstić information content (AvgIpc) is 3.33. The summed E-state index contributed by atoms with van der Waals surface area (Å²) in [4.78, 5) is 54.9. The third kappa shape index (κ3) is 5.95. The first-order chi connectivity index (χ1) is 18.7. The number of aliphatic imine (C=N–C) groups is 1. The number of anilines is 1. The van der Waals surface area contributed by atoms with Crippen LogP contribution >= 0.6 is 34.9 Å². The summed E-state index contributed by atoms with van der Waals surface area (Å²) in [5.41, 5.74) is 12.3. The molecule has 1 fully saturated rings. The number of nitrogen functional groups attached to an aromatic ring is 1. The number of oxime groups is 1. The lowest BCUT2D eigenvalue weighted by atomic mass is 10.0. The molecule has 3 aliphatic rings. The number of carbonyl (C=O) groups excluding carboxylic acids is 2. The number of rotatable bonds is 10. The second-order valence-corrected chi connectivity index (χ2v) is 11.3. The number of carboxylic acids is 1. The maximum atomic E-state index is 13.1. The van der Waals surface area contributed by atoms with Crippen LogP contribution in [0.3, 0.4) is 0 Å². The van der Waals surface area contributed by atoms with Crippen LogP contribution in [0.5, 0.6) is 0 Å². The Balaban J connectivity index is 1.49. The minimum Gasteiger partial charge on any atom is -0.477 e. The standard InChI is InChI=1S/C22H27N9O5S3/c1-3-5-36-29-14(11-9-38-21(25)26-11)17(32)28-15-18(33)31-16(20(34)35)10(7-37-19(15)31)8-39-22-27-12(23)6-13(24)30(22)4-2/h3,9,13,15,19,23H,1,4-8,24H2,2H3,(H2,25,26)(H,28,32)(H,34,35)/t13?,15?,19-/m0/s1. The Bertz CT molecular complexity index is 1290. The molecule has 0 radical (unpaired) electrons. The molecular weight excluding hydrogens is 567 g/mol. The Morgan fingerprint density at radius 1 is 1.49 bits per heavy atom. The van der Waals surface area contributed by atoms with Gasteiger partial charge in [0.2, 0.25) is 0 Å². The number of nitrogens with zero attached hydrogens (tertiary/aromatic N) is 5. The highest BCUT2D eigenvalue weighted by atomic mass is 32.2. The Hall–Kier alpha value is -3.41. The summed E-state index contributed by atoms with van der Waals surface area (Å²) in [6, 6.07) is -0.969. The maximum absolute atomic E-state index is 13.1. The van der Waals surface area contributed by atoms with Crippen LogP contribution in [-0.4, -0.2) is 96.6 Å². The lowest BCUT2D eigenvalue weighted by Gasteiger charge is -2.49. The summed E-state index contributed by atoms with van der Waals surface area (Å²) in [7, 11) is 0. The predicted octanol–water partition coefficient (Wildman–Crippen LogP) is 0.447. The zero-order valence-electron chi connectivity index (χ0n) is 20.8. The summed E-state index contributed by atoms with van der Waals surface area (Å²) < 4.78 is 0. The number of carbonyl (C=O) groups is 3. The molecule has 0 aliphatic carbocycles. The van der Waals surface area contributed by atoms with Gasteiger partial charge in [0.05, 0.1) is 6.17 Å².